The fourth-order valence-electron chi connectivity index (χ4n) is 2.98. The van der Waals surface area contributed by atoms with Crippen molar-refractivity contribution < 1.29 is 17.9 Å². The van der Waals surface area contributed by atoms with Crippen LogP contribution in [0.3, 0.4) is 0 Å². The number of sulfonamides is 1. The second-order valence-electron chi connectivity index (χ2n) is 6.46. The summed E-state index contributed by atoms with van der Waals surface area (Å²) in [5, 5.41) is 2.83. The molecule has 0 aromatic heterocycles. The van der Waals surface area contributed by atoms with Crippen molar-refractivity contribution in [1.29, 1.82) is 0 Å². The number of ether oxygens (including phenoxy) is 1. The molecule has 1 aliphatic rings. The summed E-state index contributed by atoms with van der Waals surface area (Å²) in [4.78, 5) is 12.1. The van der Waals surface area contributed by atoms with Crippen molar-refractivity contribution in [2.45, 2.75) is 25.7 Å². The Morgan fingerprint density at radius 1 is 1.07 bits per heavy atom. The van der Waals surface area contributed by atoms with E-state index in [4.69, 9.17) is 4.74 Å². The minimum absolute atomic E-state index is 0.120. The molecule has 1 N–H and O–H groups in total. The molecule has 1 saturated heterocycles. The fourth-order valence-corrected chi connectivity index (χ4v) is 4.61. The minimum Gasteiger partial charge on any atom is -0.494 e. The summed E-state index contributed by atoms with van der Waals surface area (Å²) in [6.45, 7) is 0.944. The second kappa shape index (κ2) is 8.90. The van der Waals surface area contributed by atoms with Gasteiger partial charge in [0, 0.05) is 18.7 Å². The van der Waals surface area contributed by atoms with Gasteiger partial charge in [-0.1, -0.05) is 24.3 Å². The number of carbonyl (C=O) groups excluding carboxylic acids is 1. The molecule has 6 nitrogen and oxygen atoms in total. The van der Waals surface area contributed by atoms with Gasteiger partial charge < -0.3 is 10.1 Å². The van der Waals surface area contributed by atoms with E-state index in [0.717, 1.165) is 12.2 Å². The molecule has 0 unspecified atom stereocenters. The predicted molar refractivity (Wildman–Crippen MR) is 107 cm³/mol. The Bertz CT molecular complexity index is 869. The molecular weight excluding hydrogens is 364 g/mol. The van der Waals surface area contributed by atoms with Gasteiger partial charge in [-0.05, 0) is 49.6 Å². The number of benzene rings is 2. The molecule has 0 aliphatic carbocycles. The molecule has 1 amide bonds. The maximum atomic E-state index is 12.2. The molecule has 0 spiro atoms. The standard InChI is InChI=1S/C20H24N2O4S/c23-20(12-7-14-26-19-10-2-1-3-11-19)21-17-8-6-9-18(16-17)22-13-4-5-15-27(22,24)25/h1-3,6,8-11,16H,4-5,7,12-15H2,(H,21,23). The van der Waals surface area contributed by atoms with Gasteiger partial charge in [0.2, 0.25) is 15.9 Å². The smallest absolute Gasteiger partial charge is 0.235 e. The van der Waals surface area contributed by atoms with Gasteiger partial charge in [-0.15, -0.1) is 0 Å². The zero-order valence-corrected chi connectivity index (χ0v) is 16.0. The number of anilines is 2. The lowest BCUT2D eigenvalue weighted by atomic mass is 10.2. The Morgan fingerprint density at radius 3 is 2.67 bits per heavy atom. The summed E-state index contributed by atoms with van der Waals surface area (Å²) < 4.78 is 31.5. The lowest BCUT2D eigenvalue weighted by Crippen LogP contribution is -2.37. The molecular formula is C20H24N2O4S. The van der Waals surface area contributed by atoms with Crippen LogP contribution in [-0.4, -0.2) is 33.2 Å². The van der Waals surface area contributed by atoms with Crippen molar-refractivity contribution in [3.05, 3.63) is 54.6 Å². The molecule has 1 aliphatic heterocycles. The highest BCUT2D eigenvalue weighted by molar-refractivity contribution is 7.92. The van der Waals surface area contributed by atoms with E-state index in [-0.39, 0.29) is 11.7 Å². The summed E-state index contributed by atoms with van der Waals surface area (Å²) in [5.74, 6) is 0.837. The number of hydrogen-bond acceptors (Lipinski definition) is 4. The van der Waals surface area contributed by atoms with E-state index >= 15 is 0 Å². The Balaban J connectivity index is 1.51. The van der Waals surface area contributed by atoms with E-state index in [0.29, 0.717) is 43.8 Å². The molecule has 2 aromatic carbocycles. The largest absolute Gasteiger partial charge is 0.494 e. The summed E-state index contributed by atoms with van der Waals surface area (Å²) in [5.41, 5.74) is 1.20. The summed E-state index contributed by atoms with van der Waals surface area (Å²) in [7, 11) is -3.26. The summed E-state index contributed by atoms with van der Waals surface area (Å²) in [6, 6.07) is 16.5. The van der Waals surface area contributed by atoms with Crippen LogP contribution in [0.25, 0.3) is 0 Å². The molecule has 0 atom stereocenters. The van der Waals surface area contributed by atoms with Crippen molar-refractivity contribution in [1.82, 2.24) is 0 Å². The number of nitrogens with one attached hydrogen (secondary N) is 1. The first-order valence-electron chi connectivity index (χ1n) is 9.13. The Morgan fingerprint density at radius 2 is 1.89 bits per heavy atom. The average Bonchev–Trinajstić information content (AvgIpc) is 2.66. The van der Waals surface area contributed by atoms with Gasteiger partial charge in [0.25, 0.3) is 0 Å². The molecule has 0 saturated carbocycles. The normalized spacial score (nSPS) is 15.9. The molecule has 0 bridgehead atoms. The first-order valence-corrected chi connectivity index (χ1v) is 10.7. The van der Waals surface area contributed by atoms with Crippen LogP contribution >= 0.6 is 0 Å². The number of para-hydroxylation sites is 1. The maximum Gasteiger partial charge on any atom is 0.235 e. The summed E-state index contributed by atoms with van der Waals surface area (Å²) >= 11 is 0. The number of rotatable bonds is 7. The van der Waals surface area contributed by atoms with Crippen LogP contribution < -0.4 is 14.4 Å². The molecule has 2 aromatic rings. The van der Waals surface area contributed by atoms with Crippen LogP contribution in [0.4, 0.5) is 11.4 Å². The van der Waals surface area contributed by atoms with Gasteiger partial charge in [-0.25, -0.2) is 8.42 Å². The zero-order chi connectivity index (χ0) is 19.1. The van der Waals surface area contributed by atoms with Crippen LogP contribution in [0.1, 0.15) is 25.7 Å². The highest BCUT2D eigenvalue weighted by Crippen LogP contribution is 2.26. The number of carbonyl (C=O) groups is 1. The number of amides is 1. The van der Waals surface area contributed by atoms with Crippen LogP contribution in [0.15, 0.2) is 54.6 Å². The fraction of sp³-hybridized carbons (Fsp3) is 0.350. The highest BCUT2D eigenvalue weighted by Gasteiger charge is 2.26. The first kappa shape index (κ1) is 19.2. The van der Waals surface area contributed by atoms with E-state index in [9.17, 15) is 13.2 Å². The molecule has 0 radical (unpaired) electrons. The summed E-state index contributed by atoms with van der Waals surface area (Å²) in [6.07, 6.45) is 2.47. The Labute approximate surface area is 160 Å². The molecule has 3 rings (SSSR count). The van der Waals surface area contributed by atoms with E-state index < -0.39 is 10.0 Å². The third kappa shape index (κ3) is 5.47. The highest BCUT2D eigenvalue weighted by atomic mass is 32.2. The van der Waals surface area contributed by atoms with Gasteiger partial charge in [-0.2, -0.15) is 0 Å². The van der Waals surface area contributed by atoms with Gasteiger partial charge in [0.1, 0.15) is 5.75 Å². The Hall–Kier alpha value is -2.54. The van der Waals surface area contributed by atoms with Crippen molar-refractivity contribution in [3.63, 3.8) is 0 Å². The van der Waals surface area contributed by atoms with E-state index in [1.807, 2.05) is 30.3 Å². The third-order valence-electron chi connectivity index (χ3n) is 4.33. The van der Waals surface area contributed by atoms with Crippen LogP contribution in [0, 0.1) is 0 Å². The lowest BCUT2D eigenvalue weighted by molar-refractivity contribution is -0.116. The van der Waals surface area contributed by atoms with Gasteiger partial charge >= 0.3 is 0 Å². The van der Waals surface area contributed by atoms with E-state index in [2.05, 4.69) is 5.32 Å². The zero-order valence-electron chi connectivity index (χ0n) is 15.1. The minimum atomic E-state index is -3.26. The van der Waals surface area contributed by atoms with E-state index in [1.54, 1.807) is 24.3 Å². The second-order valence-corrected chi connectivity index (χ2v) is 8.47. The van der Waals surface area contributed by atoms with Crippen molar-refractivity contribution in [2.75, 3.05) is 28.5 Å². The van der Waals surface area contributed by atoms with Crippen LogP contribution in [0.5, 0.6) is 5.75 Å². The van der Waals surface area contributed by atoms with Gasteiger partial charge in [0.15, 0.2) is 0 Å². The maximum absolute atomic E-state index is 12.2. The predicted octanol–water partition coefficient (Wildman–Crippen LogP) is 3.41. The van der Waals surface area contributed by atoms with Crippen molar-refractivity contribution in [3.8, 4) is 5.75 Å². The Kier molecular flexibility index (Phi) is 6.34. The van der Waals surface area contributed by atoms with Crippen molar-refractivity contribution in [2.24, 2.45) is 0 Å². The quantitative estimate of drug-likeness (QED) is 0.738. The van der Waals surface area contributed by atoms with Gasteiger partial charge in [-0.3, -0.25) is 9.10 Å². The average molecular weight is 388 g/mol. The van der Waals surface area contributed by atoms with E-state index in [1.165, 1.54) is 4.31 Å². The topological polar surface area (TPSA) is 75.7 Å². The first-order chi connectivity index (χ1) is 13.0. The SMILES string of the molecule is O=C(CCCOc1ccccc1)Nc1cccc(N2CCCCS2(=O)=O)c1. The lowest BCUT2D eigenvalue weighted by Gasteiger charge is -2.28. The number of nitrogens with zero attached hydrogens (tertiary/aromatic N) is 1. The van der Waals surface area contributed by atoms with Crippen LogP contribution in [0.2, 0.25) is 0 Å². The third-order valence-corrected chi connectivity index (χ3v) is 6.20. The molecule has 1 fully saturated rings. The number of hydrogen-bond donors (Lipinski definition) is 1. The molecule has 144 valence electrons. The molecule has 27 heavy (non-hydrogen) atoms. The molecule has 1 heterocycles. The van der Waals surface area contributed by atoms with Gasteiger partial charge in [0.05, 0.1) is 18.0 Å². The monoisotopic (exact) mass is 388 g/mol. The van der Waals surface area contributed by atoms with Crippen LogP contribution in [-0.2, 0) is 14.8 Å². The molecule has 7 heteroatoms. The van der Waals surface area contributed by atoms with Crippen molar-refractivity contribution >= 4 is 27.3 Å².